The van der Waals surface area contributed by atoms with E-state index in [2.05, 4.69) is 25.8 Å². The first-order valence-corrected chi connectivity index (χ1v) is 9.49. The zero-order valence-corrected chi connectivity index (χ0v) is 15.5. The molecule has 4 rings (SSSR count). The molecule has 0 spiro atoms. The van der Waals surface area contributed by atoms with E-state index in [1.807, 2.05) is 17.0 Å². The molecule has 2 aromatic rings. The second-order valence-corrected chi connectivity index (χ2v) is 7.16. The topological polar surface area (TPSA) is 115 Å². The van der Waals surface area contributed by atoms with Crippen molar-refractivity contribution in [2.75, 3.05) is 13.2 Å². The smallest absolute Gasteiger partial charge is 0.244 e. The molecule has 1 aliphatic heterocycles. The number of carbonyl (C=O) groups excluding carboxylic acids is 2. The van der Waals surface area contributed by atoms with Crippen molar-refractivity contribution in [3.8, 4) is 0 Å². The highest BCUT2D eigenvalue weighted by Gasteiger charge is 2.41. The summed E-state index contributed by atoms with van der Waals surface area (Å²) in [5.41, 5.74) is 0.962. The molecule has 1 saturated heterocycles. The summed E-state index contributed by atoms with van der Waals surface area (Å²) in [7, 11) is 0. The SMILES string of the molecule is O=C(NCc1cccnc1)[C@H]1CC[C@H]2OCCN(C(=O)Cn3cnnn3)[C@@H]2C1. The van der Waals surface area contributed by atoms with Crippen LogP contribution in [0.15, 0.2) is 30.9 Å². The van der Waals surface area contributed by atoms with E-state index in [0.717, 1.165) is 18.4 Å². The Kier molecular flexibility index (Phi) is 5.56. The van der Waals surface area contributed by atoms with Crippen molar-refractivity contribution in [2.24, 2.45) is 5.92 Å². The maximum Gasteiger partial charge on any atom is 0.244 e. The number of tetrazole rings is 1. The second-order valence-electron chi connectivity index (χ2n) is 7.16. The monoisotopic (exact) mass is 385 g/mol. The van der Waals surface area contributed by atoms with Crippen LogP contribution in [0.25, 0.3) is 0 Å². The molecule has 1 aliphatic carbocycles. The lowest BCUT2D eigenvalue weighted by atomic mass is 9.81. The molecule has 2 fully saturated rings. The number of carbonyl (C=O) groups is 2. The number of nitrogens with zero attached hydrogens (tertiary/aromatic N) is 6. The first-order chi connectivity index (χ1) is 13.7. The number of aromatic nitrogens is 5. The minimum Gasteiger partial charge on any atom is -0.374 e. The van der Waals surface area contributed by atoms with Crippen molar-refractivity contribution in [1.29, 1.82) is 0 Å². The maximum absolute atomic E-state index is 12.8. The molecule has 2 aliphatic rings. The Balaban J connectivity index is 1.37. The molecule has 1 saturated carbocycles. The molecule has 0 unspecified atom stereocenters. The van der Waals surface area contributed by atoms with Crippen LogP contribution in [0.5, 0.6) is 0 Å². The van der Waals surface area contributed by atoms with Crippen LogP contribution < -0.4 is 5.32 Å². The first-order valence-electron chi connectivity index (χ1n) is 9.49. The Morgan fingerprint density at radius 1 is 1.32 bits per heavy atom. The lowest BCUT2D eigenvalue weighted by Crippen LogP contribution is -2.57. The van der Waals surface area contributed by atoms with E-state index in [1.165, 1.54) is 11.0 Å². The zero-order chi connectivity index (χ0) is 19.3. The number of fused-ring (bicyclic) bond motifs is 1. The Morgan fingerprint density at radius 3 is 3.04 bits per heavy atom. The third-order valence-corrected chi connectivity index (χ3v) is 5.39. The van der Waals surface area contributed by atoms with Crippen LogP contribution in [-0.4, -0.2) is 67.2 Å². The van der Waals surface area contributed by atoms with Gasteiger partial charge in [-0.25, -0.2) is 4.68 Å². The third kappa shape index (κ3) is 4.16. The summed E-state index contributed by atoms with van der Waals surface area (Å²) >= 11 is 0. The molecule has 28 heavy (non-hydrogen) atoms. The van der Waals surface area contributed by atoms with E-state index in [1.54, 1.807) is 12.4 Å². The van der Waals surface area contributed by atoms with Gasteiger partial charge in [0.2, 0.25) is 11.8 Å². The molecule has 0 aromatic carbocycles. The summed E-state index contributed by atoms with van der Waals surface area (Å²) in [6, 6.07) is 3.68. The minimum atomic E-state index is -0.136. The average molecular weight is 385 g/mol. The average Bonchev–Trinajstić information content (AvgIpc) is 3.25. The van der Waals surface area contributed by atoms with Gasteiger partial charge >= 0.3 is 0 Å². The first kappa shape index (κ1) is 18.5. The van der Waals surface area contributed by atoms with E-state index in [0.29, 0.717) is 26.1 Å². The van der Waals surface area contributed by atoms with Gasteiger partial charge in [-0.2, -0.15) is 0 Å². The lowest BCUT2D eigenvalue weighted by molar-refractivity contribution is -0.154. The van der Waals surface area contributed by atoms with Crippen LogP contribution >= 0.6 is 0 Å². The van der Waals surface area contributed by atoms with Gasteiger partial charge in [-0.15, -0.1) is 5.10 Å². The van der Waals surface area contributed by atoms with Crippen molar-refractivity contribution < 1.29 is 14.3 Å². The number of ether oxygens (including phenoxy) is 1. The zero-order valence-electron chi connectivity index (χ0n) is 15.5. The van der Waals surface area contributed by atoms with Crippen molar-refractivity contribution in [1.82, 2.24) is 35.4 Å². The van der Waals surface area contributed by atoms with Crippen LogP contribution in [0, 0.1) is 5.92 Å². The fourth-order valence-corrected chi connectivity index (χ4v) is 3.98. The normalized spacial score (nSPS) is 24.4. The number of morpholine rings is 1. The molecule has 2 aromatic heterocycles. The predicted molar refractivity (Wildman–Crippen MR) is 96.5 cm³/mol. The van der Waals surface area contributed by atoms with Gasteiger partial charge in [0.05, 0.1) is 18.8 Å². The highest BCUT2D eigenvalue weighted by molar-refractivity contribution is 5.79. The Morgan fingerprint density at radius 2 is 2.25 bits per heavy atom. The number of hydrogen-bond acceptors (Lipinski definition) is 7. The standard InChI is InChI=1S/C18H23N7O3/c26-17(11-24-12-21-22-23-24)25-6-7-28-16-4-3-14(8-15(16)25)18(27)20-10-13-2-1-5-19-9-13/h1-2,5,9,12,14-16H,3-4,6-8,10-11H2,(H,20,27)/t14-,15+,16+/m0/s1. The quantitative estimate of drug-likeness (QED) is 0.757. The van der Waals surface area contributed by atoms with Crippen LogP contribution in [0.3, 0.4) is 0 Å². The molecular weight excluding hydrogens is 362 g/mol. The van der Waals surface area contributed by atoms with E-state index in [-0.39, 0.29) is 36.4 Å². The summed E-state index contributed by atoms with van der Waals surface area (Å²) < 4.78 is 7.28. The van der Waals surface area contributed by atoms with Crippen molar-refractivity contribution in [2.45, 2.75) is 44.5 Å². The van der Waals surface area contributed by atoms with Gasteiger partial charge in [-0.3, -0.25) is 14.6 Å². The molecule has 10 nitrogen and oxygen atoms in total. The number of rotatable bonds is 5. The van der Waals surface area contributed by atoms with E-state index in [4.69, 9.17) is 4.74 Å². The Bertz CT molecular complexity index is 799. The van der Waals surface area contributed by atoms with Crippen molar-refractivity contribution in [3.05, 3.63) is 36.4 Å². The van der Waals surface area contributed by atoms with E-state index in [9.17, 15) is 9.59 Å². The van der Waals surface area contributed by atoms with Gasteiger partial charge in [-0.05, 0) is 41.3 Å². The largest absolute Gasteiger partial charge is 0.374 e. The Hall–Kier alpha value is -2.88. The van der Waals surface area contributed by atoms with Crippen LogP contribution in [0.2, 0.25) is 0 Å². The molecule has 0 bridgehead atoms. The third-order valence-electron chi connectivity index (χ3n) is 5.39. The van der Waals surface area contributed by atoms with E-state index >= 15 is 0 Å². The number of nitrogens with one attached hydrogen (secondary N) is 1. The van der Waals surface area contributed by atoms with Gasteiger partial charge in [0.1, 0.15) is 12.9 Å². The highest BCUT2D eigenvalue weighted by atomic mass is 16.5. The lowest BCUT2D eigenvalue weighted by Gasteiger charge is -2.45. The predicted octanol–water partition coefficient (Wildman–Crippen LogP) is -0.219. The van der Waals surface area contributed by atoms with Gasteiger partial charge < -0.3 is 15.0 Å². The molecular formula is C18H23N7O3. The fraction of sp³-hybridized carbons (Fsp3) is 0.556. The number of hydrogen-bond donors (Lipinski definition) is 1. The molecule has 148 valence electrons. The number of pyridine rings is 1. The van der Waals surface area contributed by atoms with E-state index < -0.39 is 0 Å². The minimum absolute atomic E-state index is 0.0146. The molecule has 10 heteroatoms. The summed E-state index contributed by atoms with van der Waals surface area (Å²) in [6.45, 7) is 1.58. The van der Waals surface area contributed by atoms with Gasteiger partial charge in [0.25, 0.3) is 0 Å². The summed E-state index contributed by atoms with van der Waals surface area (Å²) in [5.74, 6) is -0.175. The van der Waals surface area contributed by atoms with Gasteiger partial charge in [-0.1, -0.05) is 6.07 Å². The fourth-order valence-electron chi connectivity index (χ4n) is 3.98. The summed E-state index contributed by atoms with van der Waals surface area (Å²) in [4.78, 5) is 31.3. The van der Waals surface area contributed by atoms with Gasteiger partial charge in [0, 0.05) is 31.4 Å². The molecule has 0 radical (unpaired) electrons. The summed E-state index contributed by atoms with van der Waals surface area (Å²) in [6.07, 6.45) is 6.98. The second kappa shape index (κ2) is 8.42. The van der Waals surface area contributed by atoms with Crippen LogP contribution in [-0.2, 0) is 27.4 Å². The molecule has 2 amide bonds. The van der Waals surface area contributed by atoms with Crippen LogP contribution in [0.1, 0.15) is 24.8 Å². The molecule has 3 atom stereocenters. The van der Waals surface area contributed by atoms with Gasteiger partial charge in [0.15, 0.2) is 0 Å². The van der Waals surface area contributed by atoms with Crippen LogP contribution in [0.4, 0.5) is 0 Å². The maximum atomic E-state index is 12.8. The number of amides is 2. The van der Waals surface area contributed by atoms with Crippen molar-refractivity contribution in [3.63, 3.8) is 0 Å². The summed E-state index contributed by atoms with van der Waals surface area (Å²) in [5, 5.41) is 13.9. The van der Waals surface area contributed by atoms with Crippen molar-refractivity contribution >= 4 is 11.8 Å². The highest BCUT2D eigenvalue weighted by Crippen LogP contribution is 2.32. The molecule has 1 N–H and O–H groups in total. The molecule has 3 heterocycles. The Labute approximate surface area is 162 Å².